The summed E-state index contributed by atoms with van der Waals surface area (Å²) in [6.07, 6.45) is 0. The van der Waals surface area contributed by atoms with Crippen LogP contribution in [0.3, 0.4) is 0 Å². The first-order valence-corrected chi connectivity index (χ1v) is 9.71. The number of rotatable bonds is 6. The van der Waals surface area contributed by atoms with Crippen molar-refractivity contribution < 1.29 is 9.59 Å². The number of aryl methyl sites for hydroxylation is 2. The summed E-state index contributed by atoms with van der Waals surface area (Å²) in [6, 6.07) is 5.06. The van der Waals surface area contributed by atoms with Crippen molar-refractivity contribution in [1.82, 2.24) is 10.6 Å². The van der Waals surface area contributed by atoms with E-state index in [1.54, 1.807) is 17.4 Å². The zero-order valence-electron chi connectivity index (χ0n) is 14.7. The highest BCUT2D eigenvalue weighted by Gasteiger charge is 2.26. The summed E-state index contributed by atoms with van der Waals surface area (Å²) < 4.78 is 0. The minimum Gasteiger partial charge on any atom is -0.348 e. The molecule has 0 aliphatic carbocycles. The van der Waals surface area contributed by atoms with Gasteiger partial charge < -0.3 is 10.6 Å². The fraction of sp³-hybridized carbons (Fsp3) is 0.444. The zero-order chi connectivity index (χ0) is 17.9. The molecule has 130 valence electrons. The Hall–Kier alpha value is -1.66. The molecule has 0 saturated heterocycles. The Morgan fingerprint density at radius 2 is 1.83 bits per heavy atom. The zero-order valence-corrected chi connectivity index (χ0v) is 16.3. The average Bonchev–Trinajstić information content (AvgIpc) is 3.13. The molecule has 24 heavy (non-hydrogen) atoms. The van der Waals surface area contributed by atoms with Crippen LogP contribution >= 0.6 is 22.7 Å². The minimum absolute atomic E-state index is 0.00594. The van der Waals surface area contributed by atoms with E-state index in [1.165, 1.54) is 21.1 Å². The van der Waals surface area contributed by atoms with Gasteiger partial charge in [-0.15, -0.1) is 22.7 Å². The molecule has 0 aliphatic rings. The number of hydrogen-bond donors (Lipinski definition) is 2. The molecule has 0 radical (unpaired) electrons. The maximum atomic E-state index is 12.7. The first-order chi connectivity index (χ1) is 11.3. The highest BCUT2D eigenvalue weighted by Crippen LogP contribution is 2.26. The second kappa shape index (κ2) is 7.94. The number of amides is 2. The lowest BCUT2D eigenvalue weighted by atomic mass is 10.0. The highest BCUT2D eigenvalue weighted by atomic mass is 32.1. The van der Waals surface area contributed by atoms with Crippen LogP contribution in [0.4, 0.5) is 0 Å². The third-order valence-corrected chi connectivity index (χ3v) is 5.74. The molecular formula is C18H24N2O2S2. The summed E-state index contributed by atoms with van der Waals surface area (Å²) >= 11 is 3.10. The lowest BCUT2D eigenvalue weighted by Gasteiger charge is -2.24. The second-order valence-corrected chi connectivity index (χ2v) is 8.68. The van der Waals surface area contributed by atoms with E-state index >= 15 is 0 Å². The first kappa shape index (κ1) is 18.7. The molecule has 4 nitrogen and oxygen atoms in total. The van der Waals surface area contributed by atoms with E-state index < -0.39 is 6.04 Å². The molecule has 2 N–H and O–H groups in total. The van der Waals surface area contributed by atoms with Crippen LogP contribution in [-0.4, -0.2) is 17.9 Å². The van der Waals surface area contributed by atoms with Gasteiger partial charge in [-0.05, 0) is 49.8 Å². The molecule has 0 spiro atoms. The summed E-state index contributed by atoms with van der Waals surface area (Å²) in [7, 11) is 0. The molecule has 0 aliphatic heterocycles. The van der Waals surface area contributed by atoms with Crippen molar-refractivity contribution in [3.05, 3.63) is 43.8 Å². The van der Waals surface area contributed by atoms with Crippen molar-refractivity contribution in [2.24, 2.45) is 5.92 Å². The lowest BCUT2D eigenvalue weighted by molar-refractivity contribution is -0.124. The molecule has 6 heteroatoms. The quantitative estimate of drug-likeness (QED) is 0.812. The fourth-order valence-electron chi connectivity index (χ4n) is 2.62. The molecule has 2 aromatic heterocycles. The molecule has 0 aromatic carbocycles. The van der Waals surface area contributed by atoms with Crippen molar-refractivity contribution in [2.45, 2.75) is 46.7 Å². The Kier molecular flexibility index (Phi) is 6.18. The Bertz CT molecular complexity index is 705. The molecule has 2 rings (SSSR count). The predicted molar refractivity (Wildman–Crippen MR) is 101 cm³/mol. The SMILES string of the molecule is Cc1cc([C@H](C)NC(=O)[C@@H](NC(=O)c2cccs2)C(C)C)c(C)s1. The van der Waals surface area contributed by atoms with Gasteiger partial charge in [-0.1, -0.05) is 19.9 Å². The van der Waals surface area contributed by atoms with Crippen molar-refractivity contribution in [1.29, 1.82) is 0 Å². The van der Waals surface area contributed by atoms with Gasteiger partial charge in [0.15, 0.2) is 0 Å². The highest BCUT2D eigenvalue weighted by molar-refractivity contribution is 7.12. The van der Waals surface area contributed by atoms with Crippen LogP contribution in [-0.2, 0) is 4.79 Å². The van der Waals surface area contributed by atoms with Crippen molar-refractivity contribution in [3.8, 4) is 0 Å². The smallest absolute Gasteiger partial charge is 0.262 e. The second-order valence-electron chi connectivity index (χ2n) is 6.27. The number of hydrogen-bond acceptors (Lipinski definition) is 4. The Balaban J connectivity index is 2.06. The molecule has 2 aromatic rings. The molecule has 0 saturated carbocycles. The van der Waals surface area contributed by atoms with E-state index in [2.05, 4.69) is 30.5 Å². The standard InChI is InChI=1S/C18H24N2O2S2/c1-10(2)16(20-17(21)15-7-6-8-23-15)18(22)19-12(4)14-9-11(3)24-13(14)5/h6-10,12,16H,1-5H3,(H,19,22)(H,20,21)/t12-,16-/m0/s1. The first-order valence-electron chi connectivity index (χ1n) is 8.01. The molecular weight excluding hydrogens is 340 g/mol. The van der Waals surface area contributed by atoms with E-state index in [0.29, 0.717) is 4.88 Å². The topological polar surface area (TPSA) is 58.2 Å². The number of carbonyl (C=O) groups excluding carboxylic acids is 2. The Morgan fingerprint density at radius 3 is 2.33 bits per heavy atom. The summed E-state index contributed by atoms with van der Waals surface area (Å²) in [5, 5.41) is 7.75. The van der Waals surface area contributed by atoms with E-state index in [1.807, 2.05) is 32.2 Å². The molecule has 2 heterocycles. The van der Waals surface area contributed by atoms with E-state index in [9.17, 15) is 9.59 Å². The predicted octanol–water partition coefficient (Wildman–Crippen LogP) is 4.06. The van der Waals surface area contributed by atoms with Gasteiger partial charge in [-0.25, -0.2) is 0 Å². The maximum Gasteiger partial charge on any atom is 0.262 e. The molecule has 0 bridgehead atoms. The Labute approximate surface area is 151 Å². The van der Waals surface area contributed by atoms with Crippen LogP contribution in [0.1, 0.15) is 51.8 Å². The maximum absolute atomic E-state index is 12.7. The van der Waals surface area contributed by atoms with Crippen LogP contribution in [0.5, 0.6) is 0 Å². The summed E-state index contributed by atoms with van der Waals surface area (Å²) in [4.78, 5) is 28.0. The van der Waals surface area contributed by atoms with Gasteiger partial charge >= 0.3 is 0 Å². The van der Waals surface area contributed by atoms with Crippen LogP contribution in [0.2, 0.25) is 0 Å². The van der Waals surface area contributed by atoms with E-state index in [-0.39, 0.29) is 23.8 Å². The number of nitrogens with one attached hydrogen (secondary N) is 2. The van der Waals surface area contributed by atoms with Crippen molar-refractivity contribution in [3.63, 3.8) is 0 Å². The number of carbonyl (C=O) groups is 2. The Morgan fingerprint density at radius 1 is 1.12 bits per heavy atom. The molecule has 2 atom stereocenters. The van der Waals surface area contributed by atoms with E-state index in [0.717, 1.165) is 5.56 Å². The molecule has 0 fully saturated rings. The molecule has 2 amide bonds. The lowest BCUT2D eigenvalue weighted by Crippen LogP contribution is -2.50. The van der Waals surface area contributed by atoms with Gasteiger partial charge in [0.1, 0.15) is 6.04 Å². The van der Waals surface area contributed by atoms with Crippen LogP contribution in [0.15, 0.2) is 23.6 Å². The summed E-state index contributed by atoms with van der Waals surface area (Å²) in [5.41, 5.74) is 1.14. The van der Waals surface area contributed by atoms with Gasteiger partial charge in [-0.3, -0.25) is 9.59 Å². The minimum atomic E-state index is -0.554. The van der Waals surface area contributed by atoms with Crippen LogP contribution < -0.4 is 10.6 Å². The van der Waals surface area contributed by atoms with Gasteiger partial charge in [0.25, 0.3) is 5.91 Å². The average molecular weight is 365 g/mol. The largest absolute Gasteiger partial charge is 0.348 e. The third kappa shape index (κ3) is 4.45. The fourth-order valence-corrected chi connectivity index (χ4v) is 4.27. The monoisotopic (exact) mass is 364 g/mol. The van der Waals surface area contributed by atoms with Gasteiger partial charge in [0, 0.05) is 9.75 Å². The number of thiophene rings is 2. The van der Waals surface area contributed by atoms with Crippen molar-refractivity contribution in [2.75, 3.05) is 0 Å². The van der Waals surface area contributed by atoms with Gasteiger partial charge in [0.05, 0.1) is 10.9 Å². The van der Waals surface area contributed by atoms with Crippen molar-refractivity contribution >= 4 is 34.5 Å². The summed E-state index contributed by atoms with van der Waals surface area (Å²) in [6.45, 7) is 9.97. The molecule has 0 unspecified atom stereocenters. The van der Waals surface area contributed by atoms with Crippen LogP contribution in [0, 0.1) is 19.8 Å². The van der Waals surface area contributed by atoms with Crippen LogP contribution in [0.25, 0.3) is 0 Å². The summed E-state index contributed by atoms with van der Waals surface area (Å²) in [5.74, 6) is -0.342. The van der Waals surface area contributed by atoms with Gasteiger partial charge in [-0.2, -0.15) is 0 Å². The normalized spacial score (nSPS) is 13.6. The third-order valence-electron chi connectivity index (χ3n) is 3.89. The van der Waals surface area contributed by atoms with Gasteiger partial charge in [0.2, 0.25) is 5.91 Å². The van der Waals surface area contributed by atoms with E-state index in [4.69, 9.17) is 0 Å².